The SMILES string of the molecule is CC1(C)c2cc(N(c3ccc(-c4ccccc4)cc3)c3cnccn3)ccc2-c2cc3c(N(c4ccc(-c5ccccc5)cc4)c4cnccn4)c4cc(N(c5ccc(-c6ccccc6)cc5)c5cnccn5)ccc4c(N(c4ccc(-c5ccccc5)cc4)c4cnccn4)c3cc21. The quantitative estimate of drug-likeness (QED) is 0.0677. The summed E-state index contributed by atoms with van der Waals surface area (Å²) in [5, 5.41) is 3.76. The highest BCUT2D eigenvalue weighted by Crippen LogP contribution is 2.58. The molecule has 0 amide bonds. The lowest BCUT2D eigenvalue weighted by Gasteiger charge is -2.33. The van der Waals surface area contributed by atoms with Crippen molar-refractivity contribution in [1.82, 2.24) is 39.9 Å². The van der Waals surface area contributed by atoms with E-state index in [1.54, 1.807) is 49.6 Å². The predicted molar refractivity (Wildman–Crippen MR) is 402 cm³/mol. The average molecular weight is 1280 g/mol. The fourth-order valence-corrected chi connectivity index (χ4v) is 14.1. The molecular weight excluding hydrogens is 1210 g/mol. The maximum Gasteiger partial charge on any atom is 0.156 e. The van der Waals surface area contributed by atoms with Gasteiger partial charge in [-0.3, -0.25) is 39.5 Å². The van der Waals surface area contributed by atoms with Crippen LogP contribution in [0.25, 0.3) is 77.2 Å². The van der Waals surface area contributed by atoms with Crippen molar-refractivity contribution in [3.63, 3.8) is 0 Å². The Labute approximate surface area is 573 Å². The number of anilines is 12. The molecule has 17 rings (SSSR count). The number of rotatable bonds is 16. The van der Waals surface area contributed by atoms with Crippen LogP contribution >= 0.6 is 0 Å². The Morgan fingerprint density at radius 2 is 0.525 bits per heavy atom. The molecule has 12 nitrogen and oxygen atoms in total. The number of nitrogens with zero attached hydrogens (tertiary/aromatic N) is 12. The van der Waals surface area contributed by atoms with Crippen LogP contribution in [-0.4, -0.2) is 39.9 Å². The molecule has 0 saturated carbocycles. The first kappa shape index (κ1) is 59.4. The summed E-state index contributed by atoms with van der Waals surface area (Å²) in [5.41, 5.74) is 20.1. The smallest absolute Gasteiger partial charge is 0.156 e. The monoisotopic (exact) mass is 1270 g/mol. The highest BCUT2D eigenvalue weighted by atomic mass is 15.2. The zero-order valence-electron chi connectivity index (χ0n) is 54.2. The maximum absolute atomic E-state index is 5.22. The van der Waals surface area contributed by atoms with Crippen molar-refractivity contribution in [3.05, 3.63) is 352 Å². The van der Waals surface area contributed by atoms with E-state index < -0.39 is 5.41 Å². The van der Waals surface area contributed by atoms with Crippen molar-refractivity contribution in [3.8, 4) is 55.6 Å². The van der Waals surface area contributed by atoms with E-state index in [9.17, 15) is 0 Å². The molecule has 99 heavy (non-hydrogen) atoms. The van der Waals surface area contributed by atoms with Gasteiger partial charge in [0.05, 0.1) is 36.2 Å². The fraction of sp³-hybridized carbons (Fsp3) is 0.0345. The standard InChI is InChI=1S/C87H62N12/c1-87(2)79-52-72(97(82-56-89-44-48-93-82)68-33-25-64(26-34-68)60-17-9-4-10-18-60)39-41-73(79)75-53-77-78(54-80(75)87)85(98(83-57-90-45-49-94-83)69-35-27-65(28-36-69)61-19-11-5-12-20-61)74-42-40-71(96(81-55-88-43-47-92-81)67-31-23-63(24-32-67)59-15-7-3-8-16-59)51-76(74)86(77)99(84-58-91-46-50-95-84)70-37-29-66(30-38-70)62-21-13-6-14-22-62/h3-58H,1-2H3. The Balaban J connectivity index is 0.958. The Bertz CT molecular complexity index is 5530. The number of hydrogen-bond donors (Lipinski definition) is 0. The van der Waals surface area contributed by atoms with Crippen LogP contribution in [0.5, 0.6) is 0 Å². The van der Waals surface area contributed by atoms with Gasteiger partial charge in [0.15, 0.2) is 23.3 Å². The number of benzene rings is 12. The van der Waals surface area contributed by atoms with Gasteiger partial charge in [0, 0.05) is 111 Å². The largest absolute Gasteiger partial charge is 0.294 e. The average Bonchev–Trinajstić information content (AvgIpc) is 1.61. The molecule has 1 aliphatic rings. The fourth-order valence-electron chi connectivity index (χ4n) is 14.1. The van der Waals surface area contributed by atoms with Crippen molar-refractivity contribution < 1.29 is 0 Å². The highest BCUT2D eigenvalue weighted by Gasteiger charge is 2.39. The van der Waals surface area contributed by atoms with Crippen LogP contribution in [0.3, 0.4) is 0 Å². The molecule has 0 N–H and O–H groups in total. The summed E-state index contributed by atoms with van der Waals surface area (Å²) in [4.78, 5) is 48.2. The highest BCUT2D eigenvalue weighted by molar-refractivity contribution is 6.25. The molecule has 0 unspecified atom stereocenters. The minimum absolute atomic E-state index is 0.545. The van der Waals surface area contributed by atoms with Gasteiger partial charge in [0.2, 0.25) is 0 Å². The van der Waals surface area contributed by atoms with Gasteiger partial charge < -0.3 is 0 Å². The van der Waals surface area contributed by atoms with Crippen LogP contribution in [0, 0.1) is 0 Å². The molecule has 12 heteroatoms. The first-order chi connectivity index (χ1) is 48.9. The molecule has 0 aliphatic heterocycles. The molecular formula is C87H62N12. The Morgan fingerprint density at radius 3 is 0.899 bits per heavy atom. The molecule has 4 heterocycles. The van der Waals surface area contributed by atoms with Crippen molar-refractivity contribution in [2.45, 2.75) is 19.3 Å². The second-order valence-electron chi connectivity index (χ2n) is 25.0. The normalized spacial score (nSPS) is 12.0. The van der Waals surface area contributed by atoms with E-state index in [1.807, 2.05) is 43.0 Å². The van der Waals surface area contributed by atoms with Gasteiger partial charge in [-0.15, -0.1) is 0 Å². The number of hydrogen-bond acceptors (Lipinski definition) is 12. The second-order valence-corrected chi connectivity index (χ2v) is 25.0. The molecule has 0 bridgehead atoms. The summed E-state index contributed by atoms with van der Waals surface area (Å²) >= 11 is 0. The van der Waals surface area contributed by atoms with Gasteiger partial charge in [-0.25, -0.2) is 19.9 Å². The summed E-state index contributed by atoms with van der Waals surface area (Å²) < 4.78 is 0. The third kappa shape index (κ3) is 11.1. The zero-order chi connectivity index (χ0) is 66.2. The molecule has 1 aliphatic carbocycles. The third-order valence-corrected chi connectivity index (χ3v) is 18.8. The minimum atomic E-state index is -0.545. The molecule has 470 valence electrons. The van der Waals surface area contributed by atoms with E-state index in [-0.39, 0.29) is 0 Å². The van der Waals surface area contributed by atoms with Gasteiger partial charge in [-0.05, 0) is 152 Å². The van der Waals surface area contributed by atoms with Gasteiger partial charge in [-0.1, -0.05) is 196 Å². The van der Waals surface area contributed by atoms with Crippen LogP contribution in [0.15, 0.2) is 341 Å². The molecule has 0 spiro atoms. The summed E-state index contributed by atoms with van der Waals surface area (Å²) in [5.74, 6) is 2.61. The van der Waals surface area contributed by atoms with Crippen molar-refractivity contribution >= 4 is 90.3 Å². The molecule has 16 aromatic rings. The predicted octanol–water partition coefficient (Wildman–Crippen LogP) is 22.0. The van der Waals surface area contributed by atoms with Gasteiger partial charge in [0.1, 0.15) is 0 Å². The van der Waals surface area contributed by atoms with Crippen LogP contribution in [0.1, 0.15) is 25.0 Å². The Hall–Kier alpha value is -13.3. The lowest BCUT2D eigenvalue weighted by Crippen LogP contribution is -2.18. The lowest BCUT2D eigenvalue weighted by molar-refractivity contribution is 0.661. The zero-order valence-corrected chi connectivity index (χ0v) is 54.2. The summed E-state index contributed by atoms with van der Waals surface area (Å²) in [6.07, 6.45) is 21.3. The minimum Gasteiger partial charge on any atom is -0.294 e. The van der Waals surface area contributed by atoms with Crippen LogP contribution in [-0.2, 0) is 5.41 Å². The molecule has 4 aromatic heterocycles. The van der Waals surface area contributed by atoms with Crippen LogP contribution < -0.4 is 19.6 Å². The third-order valence-electron chi connectivity index (χ3n) is 18.8. The van der Waals surface area contributed by atoms with E-state index in [1.165, 1.54) is 0 Å². The Kier molecular flexibility index (Phi) is 15.3. The molecule has 0 fully saturated rings. The van der Waals surface area contributed by atoms with Crippen molar-refractivity contribution in [2.75, 3.05) is 19.6 Å². The maximum atomic E-state index is 5.22. The van der Waals surface area contributed by atoms with E-state index in [2.05, 4.69) is 292 Å². The molecule has 0 radical (unpaired) electrons. The summed E-state index contributed by atoms with van der Waals surface area (Å²) in [6.45, 7) is 4.69. The Morgan fingerprint density at radius 1 is 0.232 bits per heavy atom. The van der Waals surface area contributed by atoms with Gasteiger partial charge in [0.25, 0.3) is 0 Å². The van der Waals surface area contributed by atoms with Crippen molar-refractivity contribution in [1.29, 1.82) is 0 Å². The molecule has 12 aromatic carbocycles. The van der Waals surface area contributed by atoms with Crippen LogP contribution in [0.4, 0.5) is 68.8 Å². The van der Waals surface area contributed by atoms with E-state index in [4.69, 9.17) is 29.9 Å². The molecule has 0 atom stereocenters. The number of fused-ring (bicyclic) bond motifs is 5. The van der Waals surface area contributed by atoms with Crippen molar-refractivity contribution in [2.24, 2.45) is 0 Å². The molecule has 0 saturated heterocycles. The lowest BCUT2D eigenvalue weighted by atomic mass is 9.81. The number of aromatic nitrogens is 8. The summed E-state index contributed by atoms with van der Waals surface area (Å²) in [6, 6.07) is 95.3. The van der Waals surface area contributed by atoms with E-state index in [0.29, 0.717) is 23.3 Å². The summed E-state index contributed by atoms with van der Waals surface area (Å²) in [7, 11) is 0. The first-order valence-corrected chi connectivity index (χ1v) is 33.0. The van der Waals surface area contributed by atoms with Crippen LogP contribution in [0.2, 0.25) is 0 Å². The van der Waals surface area contributed by atoms with E-state index >= 15 is 0 Å². The second kappa shape index (κ2) is 25.4. The van der Waals surface area contributed by atoms with Gasteiger partial charge >= 0.3 is 0 Å². The first-order valence-electron chi connectivity index (χ1n) is 33.0. The van der Waals surface area contributed by atoms with Gasteiger partial charge in [-0.2, -0.15) is 0 Å². The van der Waals surface area contributed by atoms with E-state index in [0.717, 1.165) is 134 Å². The topological polar surface area (TPSA) is 116 Å².